The van der Waals surface area contributed by atoms with Crippen LogP contribution < -0.4 is 4.90 Å². The van der Waals surface area contributed by atoms with Crippen LogP contribution in [0.3, 0.4) is 0 Å². The van der Waals surface area contributed by atoms with Crippen molar-refractivity contribution in [2.75, 3.05) is 31.1 Å². The van der Waals surface area contributed by atoms with Crippen LogP contribution in [0.1, 0.15) is 15.6 Å². The van der Waals surface area contributed by atoms with Crippen LogP contribution in [0, 0.1) is 13.8 Å². The third kappa shape index (κ3) is 2.96. The fourth-order valence-corrected chi connectivity index (χ4v) is 4.65. The van der Waals surface area contributed by atoms with Crippen LogP contribution in [0.15, 0.2) is 17.8 Å². The van der Waals surface area contributed by atoms with E-state index in [-0.39, 0.29) is 0 Å². The van der Waals surface area contributed by atoms with Gasteiger partial charge in [0.15, 0.2) is 0 Å². The molecule has 0 unspecified atom stereocenters. The quantitative estimate of drug-likeness (QED) is 0.730. The molecule has 3 aromatic heterocycles. The summed E-state index contributed by atoms with van der Waals surface area (Å²) >= 11 is 3.50. The van der Waals surface area contributed by atoms with Crippen LogP contribution in [0.4, 0.5) is 5.82 Å². The first-order valence-electron chi connectivity index (χ1n) is 7.79. The Morgan fingerprint density at radius 1 is 1.13 bits per heavy atom. The van der Waals surface area contributed by atoms with Gasteiger partial charge in [-0.1, -0.05) is 0 Å². The van der Waals surface area contributed by atoms with E-state index in [1.54, 1.807) is 17.7 Å². The molecule has 0 N–H and O–H groups in total. The molecule has 4 heterocycles. The summed E-state index contributed by atoms with van der Waals surface area (Å²) in [5.74, 6) is 1.08. The topological polar surface area (TPSA) is 45.2 Å². The SMILES string of the molecule is Cc1nc(CN2CCN(c3ncnc4sccc34)CC2)sc1C. The van der Waals surface area contributed by atoms with Gasteiger partial charge in [-0.05, 0) is 25.3 Å². The van der Waals surface area contributed by atoms with Gasteiger partial charge < -0.3 is 4.90 Å². The zero-order valence-electron chi connectivity index (χ0n) is 13.3. The molecule has 1 aliphatic rings. The van der Waals surface area contributed by atoms with Crippen molar-refractivity contribution in [3.05, 3.63) is 33.4 Å². The molecule has 0 bridgehead atoms. The Labute approximate surface area is 143 Å². The Balaban J connectivity index is 1.43. The molecular formula is C16H19N5S2. The number of hydrogen-bond donors (Lipinski definition) is 0. The number of hydrogen-bond acceptors (Lipinski definition) is 7. The molecular weight excluding hydrogens is 326 g/mol. The second-order valence-corrected chi connectivity index (χ2v) is 8.03. The minimum Gasteiger partial charge on any atom is -0.353 e. The molecule has 5 nitrogen and oxygen atoms in total. The molecule has 0 saturated carbocycles. The molecule has 1 fully saturated rings. The van der Waals surface area contributed by atoms with E-state index in [9.17, 15) is 0 Å². The summed E-state index contributed by atoms with van der Waals surface area (Å²) in [6.07, 6.45) is 1.68. The summed E-state index contributed by atoms with van der Waals surface area (Å²) in [7, 11) is 0. The minimum absolute atomic E-state index is 0.963. The van der Waals surface area contributed by atoms with Crippen molar-refractivity contribution >= 4 is 38.7 Å². The monoisotopic (exact) mass is 345 g/mol. The number of anilines is 1. The van der Waals surface area contributed by atoms with E-state index < -0.39 is 0 Å². The van der Waals surface area contributed by atoms with Gasteiger partial charge in [0.2, 0.25) is 0 Å². The van der Waals surface area contributed by atoms with Gasteiger partial charge in [0, 0.05) is 31.1 Å². The summed E-state index contributed by atoms with van der Waals surface area (Å²) in [4.78, 5) is 20.8. The molecule has 1 saturated heterocycles. The summed E-state index contributed by atoms with van der Waals surface area (Å²) in [5.41, 5.74) is 1.17. The van der Waals surface area contributed by atoms with E-state index in [2.05, 4.69) is 50.0 Å². The lowest BCUT2D eigenvalue weighted by Gasteiger charge is -2.35. The lowest BCUT2D eigenvalue weighted by atomic mass is 10.2. The largest absolute Gasteiger partial charge is 0.353 e. The molecule has 4 rings (SSSR count). The Bertz CT molecular complexity index is 797. The number of nitrogens with zero attached hydrogens (tertiary/aromatic N) is 5. The highest BCUT2D eigenvalue weighted by Crippen LogP contribution is 2.27. The highest BCUT2D eigenvalue weighted by Gasteiger charge is 2.21. The second kappa shape index (κ2) is 6.14. The predicted octanol–water partition coefficient (Wildman–Crippen LogP) is 3.09. The normalized spacial score (nSPS) is 16.3. The maximum absolute atomic E-state index is 4.66. The van der Waals surface area contributed by atoms with Gasteiger partial charge in [-0.2, -0.15) is 0 Å². The molecule has 120 valence electrons. The van der Waals surface area contributed by atoms with Crippen molar-refractivity contribution in [1.82, 2.24) is 19.9 Å². The lowest BCUT2D eigenvalue weighted by molar-refractivity contribution is 0.249. The number of aromatic nitrogens is 3. The first-order valence-corrected chi connectivity index (χ1v) is 9.49. The number of thiophene rings is 1. The average Bonchev–Trinajstić information content (AvgIpc) is 3.15. The molecule has 1 aliphatic heterocycles. The maximum Gasteiger partial charge on any atom is 0.140 e. The van der Waals surface area contributed by atoms with Crippen molar-refractivity contribution in [3.8, 4) is 0 Å². The van der Waals surface area contributed by atoms with Crippen molar-refractivity contribution in [3.63, 3.8) is 0 Å². The van der Waals surface area contributed by atoms with Crippen LogP contribution >= 0.6 is 22.7 Å². The smallest absolute Gasteiger partial charge is 0.140 e. The first-order chi connectivity index (χ1) is 11.2. The average molecular weight is 345 g/mol. The number of rotatable bonds is 3. The zero-order valence-corrected chi connectivity index (χ0v) is 15.0. The van der Waals surface area contributed by atoms with Crippen LogP contribution in [0.5, 0.6) is 0 Å². The standard InChI is InChI=1S/C16H19N5S2/c1-11-12(2)23-14(19-11)9-20-4-6-21(7-5-20)15-13-3-8-22-16(13)18-10-17-15/h3,8,10H,4-7,9H2,1-2H3. The van der Waals surface area contributed by atoms with Crippen LogP contribution in [0.25, 0.3) is 10.2 Å². The molecule has 0 spiro atoms. The minimum atomic E-state index is 0.963. The van der Waals surface area contributed by atoms with Crippen LogP contribution in [-0.4, -0.2) is 46.0 Å². The van der Waals surface area contributed by atoms with Crippen molar-refractivity contribution < 1.29 is 0 Å². The molecule has 0 radical (unpaired) electrons. The van der Waals surface area contributed by atoms with Crippen molar-refractivity contribution in [1.29, 1.82) is 0 Å². The third-order valence-electron chi connectivity index (χ3n) is 4.34. The maximum atomic E-state index is 4.66. The third-order valence-corrected chi connectivity index (χ3v) is 6.22. The van der Waals surface area contributed by atoms with Crippen molar-refractivity contribution in [2.24, 2.45) is 0 Å². The van der Waals surface area contributed by atoms with Gasteiger partial charge in [-0.15, -0.1) is 22.7 Å². The van der Waals surface area contributed by atoms with E-state index in [1.165, 1.54) is 21.0 Å². The summed E-state index contributed by atoms with van der Waals surface area (Å²) < 4.78 is 0. The number of piperazine rings is 1. The fourth-order valence-electron chi connectivity index (χ4n) is 2.94. The zero-order chi connectivity index (χ0) is 15.8. The molecule has 7 heteroatoms. The Morgan fingerprint density at radius 2 is 1.96 bits per heavy atom. The number of aryl methyl sites for hydroxylation is 2. The number of fused-ring (bicyclic) bond motifs is 1. The molecule has 23 heavy (non-hydrogen) atoms. The lowest BCUT2D eigenvalue weighted by Crippen LogP contribution is -2.46. The summed E-state index contributed by atoms with van der Waals surface area (Å²) in [5, 5.41) is 4.50. The predicted molar refractivity (Wildman–Crippen MR) is 96.5 cm³/mol. The van der Waals surface area contributed by atoms with Crippen molar-refractivity contribution in [2.45, 2.75) is 20.4 Å². The molecule has 0 aliphatic carbocycles. The summed E-state index contributed by atoms with van der Waals surface area (Å²) in [6, 6.07) is 2.13. The van der Waals surface area contributed by atoms with Gasteiger partial charge in [-0.3, -0.25) is 4.90 Å². The Kier molecular flexibility index (Phi) is 4.00. The Morgan fingerprint density at radius 3 is 2.70 bits per heavy atom. The molecule has 0 amide bonds. The highest BCUT2D eigenvalue weighted by atomic mass is 32.1. The molecule has 0 atom stereocenters. The van der Waals surface area contributed by atoms with Gasteiger partial charge >= 0.3 is 0 Å². The Hall–Kier alpha value is -1.57. The van der Waals surface area contributed by atoms with E-state index >= 15 is 0 Å². The van der Waals surface area contributed by atoms with E-state index in [0.717, 1.165) is 43.4 Å². The molecule has 3 aromatic rings. The number of thiazole rings is 1. The highest BCUT2D eigenvalue weighted by molar-refractivity contribution is 7.16. The summed E-state index contributed by atoms with van der Waals surface area (Å²) in [6.45, 7) is 9.31. The van der Waals surface area contributed by atoms with E-state index in [0.29, 0.717) is 0 Å². The first kappa shape index (κ1) is 15.0. The molecule has 0 aromatic carbocycles. The second-order valence-electron chi connectivity index (χ2n) is 5.85. The fraction of sp³-hybridized carbons (Fsp3) is 0.438. The van der Waals surface area contributed by atoms with Gasteiger partial charge in [-0.25, -0.2) is 15.0 Å². The van der Waals surface area contributed by atoms with Gasteiger partial charge in [0.05, 0.1) is 17.6 Å². The van der Waals surface area contributed by atoms with Crippen LogP contribution in [0.2, 0.25) is 0 Å². The van der Waals surface area contributed by atoms with Gasteiger partial charge in [0.1, 0.15) is 22.0 Å². The van der Waals surface area contributed by atoms with Gasteiger partial charge in [0.25, 0.3) is 0 Å². The van der Waals surface area contributed by atoms with E-state index in [4.69, 9.17) is 0 Å². The van der Waals surface area contributed by atoms with Crippen LogP contribution in [-0.2, 0) is 6.54 Å². The van der Waals surface area contributed by atoms with E-state index in [1.807, 2.05) is 11.3 Å².